The fourth-order valence-corrected chi connectivity index (χ4v) is 3.59. The normalized spacial score (nSPS) is 13.1. The molecule has 0 aliphatic rings. The van der Waals surface area contributed by atoms with Crippen molar-refractivity contribution in [1.29, 1.82) is 0 Å². The van der Waals surface area contributed by atoms with E-state index in [0.29, 0.717) is 12.2 Å². The molecule has 0 aliphatic heterocycles. The van der Waals surface area contributed by atoms with Gasteiger partial charge in [-0.05, 0) is 36.8 Å². The topological polar surface area (TPSA) is 215 Å². The lowest BCUT2D eigenvalue weighted by Gasteiger charge is -2.24. The van der Waals surface area contributed by atoms with Crippen LogP contribution in [0.15, 0.2) is 35.3 Å². The molecule has 0 spiro atoms. The lowest BCUT2D eigenvalue weighted by Crippen LogP contribution is -2.56. The van der Waals surface area contributed by atoms with Gasteiger partial charge in [-0.2, -0.15) is 11.8 Å². The highest BCUT2D eigenvalue weighted by atomic mass is 32.2. The first-order valence-electron chi connectivity index (χ1n) is 11.1. The molecule has 0 saturated heterocycles. The Hall–Kier alpha value is -3.32. The van der Waals surface area contributed by atoms with Gasteiger partial charge in [-0.1, -0.05) is 30.3 Å². The van der Waals surface area contributed by atoms with Gasteiger partial charge in [0.25, 0.3) is 0 Å². The Morgan fingerprint density at radius 1 is 0.971 bits per heavy atom. The molecule has 13 heteroatoms. The lowest BCUT2D eigenvalue weighted by molar-refractivity contribution is -0.142. The Labute approximate surface area is 208 Å². The number of rotatable bonds is 16. The first-order chi connectivity index (χ1) is 16.7. The smallest absolute Gasteiger partial charge is 0.326 e. The highest BCUT2D eigenvalue weighted by Crippen LogP contribution is 2.07. The van der Waals surface area contributed by atoms with Crippen molar-refractivity contribution in [2.75, 3.05) is 25.1 Å². The Morgan fingerprint density at radius 2 is 1.60 bits per heavy atom. The largest absolute Gasteiger partial charge is 0.480 e. The van der Waals surface area contributed by atoms with E-state index in [4.69, 9.17) is 17.2 Å². The molecular weight excluding hydrogens is 474 g/mol. The predicted molar refractivity (Wildman–Crippen MR) is 136 cm³/mol. The summed E-state index contributed by atoms with van der Waals surface area (Å²) in [5.74, 6) is -2.53. The van der Waals surface area contributed by atoms with Gasteiger partial charge in [0.05, 0.1) is 6.54 Å². The van der Waals surface area contributed by atoms with Crippen molar-refractivity contribution in [3.05, 3.63) is 35.9 Å². The zero-order valence-corrected chi connectivity index (χ0v) is 20.6. The standard InChI is InChI=1S/C22H35N7O5S/c1-35-11-9-16(21(33)34)29-19(31)15(8-5-10-26-22(24)25)28-20(32)17(27-18(30)13-23)12-14-6-3-2-4-7-14/h2-4,6-7,15-17H,5,8-13,23H2,1H3,(H,27,30)(H,28,32)(H,29,31)(H,33,34)(H4,24,25,26). The van der Waals surface area contributed by atoms with E-state index in [0.717, 1.165) is 5.56 Å². The minimum absolute atomic E-state index is 0.106. The molecule has 3 amide bonds. The predicted octanol–water partition coefficient (Wildman–Crippen LogP) is -1.47. The van der Waals surface area contributed by atoms with Crippen molar-refractivity contribution in [2.24, 2.45) is 22.2 Å². The lowest BCUT2D eigenvalue weighted by atomic mass is 10.0. The summed E-state index contributed by atoms with van der Waals surface area (Å²) >= 11 is 1.45. The van der Waals surface area contributed by atoms with Gasteiger partial charge in [0, 0.05) is 13.0 Å². The van der Waals surface area contributed by atoms with E-state index in [1.807, 2.05) is 12.3 Å². The van der Waals surface area contributed by atoms with Crippen LogP contribution in [0.2, 0.25) is 0 Å². The number of carboxylic acids is 1. The highest BCUT2D eigenvalue weighted by molar-refractivity contribution is 7.98. The molecule has 0 saturated carbocycles. The molecule has 3 unspecified atom stereocenters. The van der Waals surface area contributed by atoms with Gasteiger partial charge in [0.2, 0.25) is 17.7 Å². The van der Waals surface area contributed by atoms with E-state index in [-0.39, 0.29) is 38.3 Å². The molecular formula is C22H35N7O5S. The van der Waals surface area contributed by atoms with Crippen LogP contribution >= 0.6 is 11.8 Å². The minimum atomic E-state index is -1.17. The van der Waals surface area contributed by atoms with Crippen molar-refractivity contribution in [3.63, 3.8) is 0 Å². The van der Waals surface area contributed by atoms with Crippen LogP contribution in [0.4, 0.5) is 0 Å². The summed E-state index contributed by atoms with van der Waals surface area (Å²) < 4.78 is 0. The van der Waals surface area contributed by atoms with Crippen molar-refractivity contribution in [3.8, 4) is 0 Å². The third-order valence-electron chi connectivity index (χ3n) is 4.92. The summed E-state index contributed by atoms with van der Waals surface area (Å²) in [6.07, 6.45) is 2.71. The Bertz CT molecular complexity index is 865. The van der Waals surface area contributed by atoms with Gasteiger partial charge < -0.3 is 38.3 Å². The number of nitrogens with two attached hydrogens (primary N) is 3. The minimum Gasteiger partial charge on any atom is -0.480 e. The first kappa shape index (κ1) is 29.7. The Morgan fingerprint density at radius 3 is 2.17 bits per heavy atom. The van der Waals surface area contributed by atoms with Crippen molar-refractivity contribution >= 4 is 41.4 Å². The van der Waals surface area contributed by atoms with Crippen LogP contribution in [0, 0.1) is 0 Å². The number of thioether (sulfide) groups is 1. The maximum Gasteiger partial charge on any atom is 0.326 e. The zero-order chi connectivity index (χ0) is 26.2. The number of nitrogens with zero attached hydrogens (tertiary/aromatic N) is 1. The molecule has 1 aromatic rings. The molecule has 1 aromatic carbocycles. The molecule has 1 rings (SSSR count). The molecule has 194 valence electrons. The zero-order valence-electron chi connectivity index (χ0n) is 19.7. The third kappa shape index (κ3) is 12.1. The molecule has 0 fully saturated rings. The van der Waals surface area contributed by atoms with E-state index < -0.39 is 41.8 Å². The number of aliphatic carboxylic acids is 1. The van der Waals surface area contributed by atoms with Gasteiger partial charge in [0.1, 0.15) is 18.1 Å². The molecule has 10 N–H and O–H groups in total. The van der Waals surface area contributed by atoms with Crippen LogP contribution in [0.3, 0.4) is 0 Å². The van der Waals surface area contributed by atoms with Crippen molar-refractivity contribution in [1.82, 2.24) is 16.0 Å². The third-order valence-corrected chi connectivity index (χ3v) is 5.57. The van der Waals surface area contributed by atoms with E-state index in [1.165, 1.54) is 11.8 Å². The number of guanidine groups is 1. The van der Waals surface area contributed by atoms with E-state index in [9.17, 15) is 24.3 Å². The van der Waals surface area contributed by atoms with Crippen LogP contribution in [0.1, 0.15) is 24.8 Å². The van der Waals surface area contributed by atoms with Crippen LogP contribution < -0.4 is 33.2 Å². The molecule has 0 heterocycles. The van der Waals surface area contributed by atoms with Crippen LogP contribution in [0.5, 0.6) is 0 Å². The second kappa shape index (κ2) is 16.3. The summed E-state index contributed by atoms with van der Waals surface area (Å²) in [6, 6.07) is 5.86. The van der Waals surface area contributed by atoms with Crippen molar-refractivity contribution in [2.45, 2.75) is 43.8 Å². The van der Waals surface area contributed by atoms with E-state index in [2.05, 4.69) is 20.9 Å². The van der Waals surface area contributed by atoms with E-state index >= 15 is 0 Å². The van der Waals surface area contributed by atoms with E-state index in [1.54, 1.807) is 24.3 Å². The summed E-state index contributed by atoms with van der Waals surface area (Å²) in [7, 11) is 0. The molecule has 0 radical (unpaired) electrons. The van der Waals surface area contributed by atoms with Crippen LogP contribution in [-0.4, -0.2) is 78.0 Å². The summed E-state index contributed by atoms with van der Waals surface area (Å²) in [5, 5.41) is 17.1. The molecule has 3 atom stereocenters. The van der Waals surface area contributed by atoms with Gasteiger partial charge >= 0.3 is 5.97 Å². The maximum atomic E-state index is 13.1. The SMILES string of the molecule is CSCCC(NC(=O)C(CCCN=C(N)N)NC(=O)C(Cc1ccccc1)NC(=O)CN)C(=O)O. The molecule has 12 nitrogen and oxygen atoms in total. The Balaban J connectivity index is 3.03. The number of carbonyl (C=O) groups excluding carboxylic acids is 3. The second-order valence-electron chi connectivity index (χ2n) is 7.70. The molecule has 0 aliphatic carbocycles. The molecule has 35 heavy (non-hydrogen) atoms. The summed E-state index contributed by atoms with van der Waals surface area (Å²) in [5.41, 5.74) is 16.8. The second-order valence-corrected chi connectivity index (χ2v) is 8.69. The number of nitrogens with one attached hydrogen (secondary N) is 3. The number of carbonyl (C=O) groups is 4. The van der Waals surface area contributed by atoms with Gasteiger partial charge in [-0.25, -0.2) is 4.79 Å². The van der Waals surface area contributed by atoms with Crippen LogP contribution in [0.25, 0.3) is 0 Å². The number of amides is 3. The van der Waals surface area contributed by atoms with Gasteiger partial charge in [-0.15, -0.1) is 0 Å². The van der Waals surface area contributed by atoms with Gasteiger partial charge in [-0.3, -0.25) is 19.4 Å². The maximum absolute atomic E-state index is 13.1. The van der Waals surface area contributed by atoms with Crippen LogP contribution in [-0.2, 0) is 25.6 Å². The number of hydrogen-bond donors (Lipinski definition) is 7. The molecule has 0 bridgehead atoms. The quantitative estimate of drug-likeness (QED) is 0.0785. The highest BCUT2D eigenvalue weighted by Gasteiger charge is 2.29. The molecule has 0 aromatic heterocycles. The number of carboxylic acid groups (broad SMARTS) is 1. The monoisotopic (exact) mass is 509 g/mol. The number of aliphatic imine (C=N–C) groups is 1. The average molecular weight is 510 g/mol. The van der Waals surface area contributed by atoms with Gasteiger partial charge in [0.15, 0.2) is 5.96 Å². The Kier molecular flexibility index (Phi) is 13.9. The average Bonchev–Trinajstić information content (AvgIpc) is 2.83. The summed E-state index contributed by atoms with van der Waals surface area (Å²) in [4.78, 5) is 53.4. The number of benzene rings is 1. The van der Waals surface area contributed by atoms with Crippen molar-refractivity contribution < 1.29 is 24.3 Å². The first-order valence-corrected chi connectivity index (χ1v) is 12.5. The fourth-order valence-electron chi connectivity index (χ4n) is 3.12. The fraction of sp³-hybridized carbons (Fsp3) is 0.500. The summed E-state index contributed by atoms with van der Waals surface area (Å²) in [6.45, 7) is -0.0924. The number of hydrogen-bond acceptors (Lipinski definition) is 7.